The average molecular weight is 440 g/mol. The van der Waals surface area contributed by atoms with Crippen LogP contribution < -0.4 is 10.1 Å². The predicted octanol–water partition coefficient (Wildman–Crippen LogP) is 5.98. The van der Waals surface area contributed by atoms with Gasteiger partial charge in [0.15, 0.2) is 0 Å². The Morgan fingerprint density at radius 1 is 0.938 bits per heavy atom. The van der Waals surface area contributed by atoms with Crippen LogP contribution in [0.3, 0.4) is 0 Å². The highest BCUT2D eigenvalue weighted by atomic mass is 32.1. The van der Waals surface area contributed by atoms with Gasteiger partial charge in [-0.25, -0.2) is 0 Å². The SMILES string of the molecule is O=C(Nc1cnn(Cc2ccccc2)c1)c1cc(COc2ccc3ccccc3c2)cs1. The van der Waals surface area contributed by atoms with E-state index in [9.17, 15) is 4.79 Å². The lowest BCUT2D eigenvalue weighted by Gasteiger charge is -2.06. The van der Waals surface area contributed by atoms with Gasteiger partial charge in [0.2, 0.25) is 0 Å². The Hall–Kier alpha value is -3.90. The first-order chi connectivity index (χ1) is 15.7. The third-order valence-electron chi connectivity index (χ3n) is 5.08. The number of carbonyl (C=O) groups excluding carboxylic acids is 1. The molecule has 0 aliphatic carbocycles. The van der Waals surface area contributed by atoms with E-state index in [0.29, 0.717) is 23.7 Å². The maximum absolute atomic E-state index is 12.6. The maximum atomic E-state index is 12.6. The molecule has 0 saturated carbocycles. The first kappa shape index (κ1) is 20.0. The summed E-state index contributed by atoms with van der Waals surface area (Å²) >= 11 is 1.40. The van der Waals surface area contributed by atoms with Crippen molar-refractivity contribution in [2.75, 3.05) is 5.32 Å². The molecule has 0 aliphatic heterocycles. The molecule has 0 unspecified atom stereocenters. The number of benzene rings is 3. The zero-order valence-electron chi connectivity index (χ0n) is 17.3. The average Bonchev–Trinajstić information content (AvgIpc) is 3.48. The largest absolute Gasteiger partial charge is 0.489 e. The second-order valence-corrected chi connectivity index (χ2v) is 8.39. The molecule has 0 bridgehead atoms. The molecule has 158 valence electrons. The summed E-state index contributed by atoms with van der Waals surface area (Å²) in [5, 5.41) is 11.5. The van der Waals surface area contributed by atoms with E-state index in [1.165, 1.54) is 16.7 Å². The van der Waals surface area contributed by atoms with E-state index in [0.717, 1.165) is 22.3 Å². The Morgan fingerprint density at radius 2 is 1.75 bits per heavy atom. The van der Waals surface area contributed by atoms with Gasteiger partial charge in [-0.15, -0.1) is 11.3 Å². The van der Waals surface area contributed by atoms with Crippen LogP contribution in [0.5, 0.6) is 5.75 Å². The number of ether oxygens (including phenoxy) is 1. The summed E-state index contributed by atoms with van der Waals surface area (Å²) in [5.74, 6) is 0.665. The van der Waals surface area contributed by atoms with Crippen LogP contribution in [0, 0.1) is 0 Å². The van der Waals surface area contributed by atoms with Gasteiger partial charge >= 0.3 is 0 Å². The zero-order valence-corrected chi connectivity index (χ0v) is 18.1. The molecule has 5 aromatic rings. The van der Waals surface area contributed by atoms with Crippen LogP contribution in [-0.4, -0.2) is 15.7 Å². The highest BCUT2D eigenvalue weighted by Gasteiger charge is 2.11. The molecular formula is C26H21N3O2S. The van der Waals surface area contributed by atoms with Crippen molar-refractivity contribution in [3.05, 3.63) is 113 Å². The topological polar surface area (TPSA) is 56.2 Å². The van der Waals surface area contributed by atoms with Gasteiger partial charge in [0, 0.05) is 11.8 Å². The molecule has 5 nitrogen and oxygen atoms in total. The van der Waals surface area contributed by atoms with Gasteiger partial charge < -0.3 is 10.1 Å². The van der Waals surface area contributed by atoms with E-state index in [1.54, 1.807) is 6.20 Å². The van der Waals surface area contributed by atoms with Crippen LogP contribution in [-0.2, 0) is 13.2 Å². The van der Waals surface area contributed by atoms with Crippen molar-refractivity contribution < 1.29 is 9.53 Å². The number of hydrogen-bond donors (Lipinski definition) is 1. The first-order valence-electron chi connectivity index (χ1n) is 10.3. The summed E-state index contributed by atoms with van der Waals surface area (Å²) in [7, 11) is 0. The lowest BCUT2D eigenvalue weighted by atomic mass is 10.1. The van der Waals surface area contributed by atoms with Crippen LogP contribution in [0.2, 0.25) is 0 Å². The number of nitrogens with one attached hydrogen (secondary N) is 1. The number of hydrogen-bond acceptors (Lipinski definition) is 4. The Labute approximate surface area is 189 Å². The highest BCUT2D eigenvalue weighted by Crippen LogP contribution is 2.23. The van der Waals surface area contributed by atoms with Crippen molar-refractivity contribution in [1.29, 1.82) is 0 Å². The fraction of sp³-hybridized carbons (Fsp3) is 0.0769. The normalized spacial score (nSPS) is 10.9. The third-order valence-corrected chi connectivity index (χ3v) is 6.06. The van der Waals surface area contributed by atoms with Crippen molar-refractivity contribution in [3.8, 4) is 5.75 Å². The van der Waals surface area contributed by atoms with E-state index in [2.05, 4.69) is 28.6 Å². The standard InChI is InChI=1S/C26H21N3O2S/c30-26(28-23-14-27-29(16-23)15-19-6-2-1-3-7-19)25-12-20(18-32-25)17-31-24-11-10-21-8-4-5-9-22(21)13-24/h1-14,16,18H,15,17H2,(H,28,30). The summed E-state index contributed by atoms with van der Waals surface area (Å²) in [4.78, 5) is 13.3. The van der Waals surface area contributed by atoms with Crippen LogP contribution in [0.15, 0.2) is 96.6 Å². The monoisotopic (exact) mass is 439 g/mol. The molecule has 0 radical (unpaired) electrons. The number of fused-ring (bicyclic) bond motifs is 1. The number of nitrogens with zero attached hydrogens (tertiary/aromatic N) is 2. The van der Waals surface area contributed by atoms with E-state index < -0.39 is 0 Å². The summed E-state index contributed by atoms with van der Waals surface area (Å²) in [6.45, 7) is 1.07. The fourth-order valence-electron chi connectivity index (χ4n) is 3.47. The van der Waals surface area contributed by atoms with Crippen molar-refractivity contribution in [3.63, 3.8) is 0 Å². The maximum Gasteiger partial charge on any atom is 0.265 e. The van der Waals surface area contributed by atoms with E-state index in [4.69, 9.17) is 4.74 Å². The summed E-state index contributed by atoms with van der Waals surface area (Å²) in [5.41, 5.74) is 2.80. The molecule has 6 heteroatoms. The van der Waals surface area contributed by atoms with Gasteiger partial charge in [-0.1, -0.05) is 60.7 Å². The zero-order chi connectivity index (χ0) is 21.8. The molecule has 3 aromatic carbocycles. The molecule has 5 rings (SSSR count). The van der Waals surface area contributed by atoms with Gasteiger partial charge in [0.1, 0.15) is 12.4 Å². The van der Waals surface area contributed by atoms with Gasteiger partial charge in [0.05, 0.1) is 23.3 Å². The quantitative estimate of drug-likeness (QED) is 0.339. The van der Waals surface area contributed by atoms with Gasteiger partial charge in [-0.2, -0.15) is 5.10 Å². The minimum absolute atomic E-state index is 0.147. The number of carbonyl (C=O) groups is 1. The number of aromatic nitrogens is 2. The Bertz CT molecular complexity index is 1360. The van der Waals surface area contributed by atoms with Gasteiger partial charge in [-0.05, 0) is 39.9 Å². The number of anilines is 1. The lowest BCUT2D eigenvalue weighted by Crippen LogP contribution is -2.09. The minimum Gasteiger partial charge on any atom is -0.489 e. The second-order valence-electron chi connectivity index (χ2n) is 7.48. The first-order valence-corrected chi connectivity index (χ1v) is 11.2. The molecule has 32 heavy (non-hydrogen) atoms. The van der Waals surface area contributed by atoms with Gasteiger partial charge in [0.25, 0.3) is 5.91 Å². The summed E-state index contributed by atoms with van der Waals surface area (Å²) in [6, 6.07) is 26.2. The molecule has 1 N–H and O–H groups in total. The third kappa shape index (κ3) is 4.71. The number of rotatable bonds is 7. The fourth-order valence-corrected chi connectivity index (χ4v) is 4.26. The molecular weight excluding hydrogens is 418 g/mol. The van der Waals surface area contributed by atoms with Crippen LogP contribution in [0.1, 0.15) is 20.8 Å². The Balaban J connectivity index is 1.18. The number of thiophene rings is 1. The summed E-state index contributed by atoms with van der Waals surface area (Å²) in [6.07, 6.45) is 3.50. The van der Waals surface area contributed by atoms with E-state index in [1.807, 2.05) is 76.9 Å². The van der Waals surface area contributed by atoms with E-state index >= 15 is 0 Å². The van der Waals surface area contributed by atoms with Crippen molar-refractivity contribution in [2.24, 2.45) is 0 Å². The van der Waals surface area contributed by atoms with Crippen molar-refractivity contribution in [1.82, 2.24) is 9.78 Å². The molecule has 0 saturated heterocycles. The summed E-state index contributed by atoms with van der Waals surface area (Å²) < 4.78 is 7.74. The second kappa shape index (κ2) is 9.08. The predicted molar refractivity (Wildman–Crippen MR) is 128 cm³/mol. The molecule has 2 aromatic heterocycles. The molecule has 2 heterocycles. The molecule has 0 aliphatic rings. The smallest absolute Gasteiger partial charge is 0.265 e. The molecule has 1 amide bonds. The number of amides is 1. The lowest BCUT2D eigenvalue weighted by molar-refractivity contribution is 0.103. The van der Waals surface area contributed by atoms with E-state index in [-0.39, 0.29) is 5.91 Å². The van der Waals surface area contributed by atoms with Crippen molar-refractivity contribution in [2.45, 2.75) is 13.2 Å². The van der Waals surface area contributed by atoms with Crippen LogP contribution >= 0.6 is 11.3 Å². The Morgan fingerprint density at radius 3 is 2.62 bits per heavy atom. The van der Waals surface area contributed by atoms with Crippen LogP contribution in [0.4, 0.5) is 5.69 Å². The van der Waals surface area contributed by atoms with Gasteiger partial charge in [-0.3, -0.25) is 9.48 Å². The van der Waals surface area contributed by atoms with Crippen molar-refractivity contribution >= 4 is 33.7 Å². The highest BCUT2D eigenvalue weighted by molar-refractivity contribution is 7.12. The Kier molecular flexibility index (Phi) is 5.68. The molecule has 0 spiro atoms. The molecule has 0 atom stereocenters. The molecule has 0 fully saturated rings. The van der Waals surface area contributed by atoms with Crippen LogP contribution in [0.25, 0.3) is 10.8 Å². The minimum atomic E-state index is -0.147.